The van der Waals surface area contributed by atoms with E-state index in [4.69, 9.17) is 11.6 Å². The van der Waals surface area contributed by atoms with Gasteiger partial charge in [-0.15, -0.1) is 11.6 Å². The number of hydrogen-bond acceptors (Lipinski definition) is 3. The van der Waals surface area contributed by atoms with Crippen LogP contribution >= 0.6 is 11.6 Å². The van der Waals surface area contributed by atoms with E-state index in [0.29, 0.717) is 18.5 Å². The fourth-order valence-corrected chi connectivity index (χ4v) is 1.78. The molecule has 0 fully saturated rings. The highest BCUT2D eigenvalue weighted by molar-refractivity contribution is 6.16. The van der Waals surface area contributed by atoms with Gasteiger partial charge >= 0.3 is 0 Å². The maximum atomic E-state index is 5.77. The second kappa shape index (κ2) is 5.31. The normalized spacial score (nSPS) is 12.9. The summed E-state index contributed by atoms with van der Waals surface area (Å²) in [6.45, 7) is 4.91. The molecule has 2 aromatic heterocycles. The summed E-state index contributed by atoms with van der Waals surface area (Å²) in [6.07, 6.45) is 4.58. The second-order valence-corrected chi connectivity index (χ2v) is 4.28. The molecule has 0 saturated carbocycles. The smallest absolute Gasteiger partial charge is 0.142 e. The van der Waals surface area contributed by atoms with E-state index in [0.717, 1.165) is 17.9 Å². The van der Waals surface area contributed by atoms with Crippen molar-refractivity contribution >= 4 is 11.6 Å². The molecule has 0 spiro atoms. The van der Waals surface area contributed by atoms with Gasteiger partial charge in [0, 0.05) is 12.2 Å². The van der Waals surface area contributed by atoms with Gasteiger partial charge in [0.2, 0.25) is 0 Å². The molecule has 5 nitrogen and oxygen atoms in total. The Labute approximate surface area is 105 Å². The van der Waals surface area contributed by atoms with Gasteiger partial charge in [0.1, 0.15) is 12.2 Å². The van der Waals surface area contributed by atoms with Crippen LogP contribution in [-0.4, -0.2) is 24.5 Å². The van der Waals surface area contributed by atoms with Gasteiger partial charge in [0.15, 0.2) is 0 Å². The first-order chi connectivity index (χ1) is 8.24. The van der Waals surface area contributed by atoms with Crippen molar-refractivity contribution in [3.8, 4) is 0 Å². The van der Waals surface area contributed by atoms with Crippen LogP contribution in [0.3, 0.4) is 0 Å². The van der Waals surface area contributed by atoms with Crippen molar-refractivity contribution in [2.45, 2.75) is 38.7 Å². The van der Waals surface area contributed by atoms with Crippen molar-refractivity contribution in [3.05, 3.63) is 30.1 Å². The summed E-state index contributed by atoms with van der Waals surface area (Å²) >= 11 is 5.77. The highest BCUT2D eigenvalue weighted by atomic mass is 35.5. The third-order valence-corrected chi connectivity index (χ3v) is 3.07. The van der Waals surface area contributed by atoms with E-state index in [2.05, 4.69) is 29.0 Å². The molecule has 0 aliphatic carbocycles. The molecule has 17 heavy (non-hydrogen) atoms. The average molecular weight is 254 g/mol. The SMILES string of the molecule is CCC(C)n1ccc(Cn2ncnc2CCl)n1. The van der Waals surface area contributed by atoms with E-state index in [1.165, 1.54) is 6.33 Å². The van der Waals surface area contributed by atoms with E-state index in [9.17, 15) is 0 Å². The Bertz CT molecular complexity index is 476. The molecule has 0 saturated heterocycles. The van der Waals surface area contributed by atoms with E-state index in [-0.39, 0.29) is 0 Å². The summed E-state index contributed by atoms with van der Waals surface area (Å²) in [7, 11) is 0. The lowest BCUT2D eigenvalue weighted by Crippen LogP contribution is -2.09. The molecule has 0 aromatic carbocycles. The van der Waals surface area contributed by atoms with Crippen molar-refractivity contribution in [2.24, 2.45) is 0 Å². The van der Waals surface area contributed by atoms with Crippen LogP contribution in [0.4, 0.5) is 0 Å². The van der Waals surface area contributed by atoms with Crippen molar-refractivity contribution in [1.29, 1.82) is 0 Å². The predicted molar refractivity (Wildman–Crippen MR) is 65.9 cm³/mol. The zero-order chi connectivity index (χ0) is 12.3. The Morgan fingerprint density at radius 1 is 1.47 bits per heavy atom. The number of alkyl halides is 1. The molecule has 92 valence electrons. The lowest BCUT2D eigenvalue weighted by molar-refractivity contribution is 0.470. The Morgan fingerprint density at radius 2 is 2.29 bits per heavy atom. The molecular formula is C11H16ClN5. The minimum Gasteiger partial charge on any atom is -0.270 e. The number of rotatable bonds is 5. The molecule has 2 heterocycles. The molecule has 1 unspecified atom stereocenters. The summed E-state index contributed by atoms with van der Waals surface area (Å²) in [6, 6.07) is 2.43. The number of halogens is 1. The third-order valence-electron chi connectivity index (χ3n) is 2.83. The number of aromatic nitrogens is 5. The van der Waals surface area contributed by atoms with Crippen molar-refractivity contribution < 1.29 is 0 Å². The van der Waals surface area contributed by atoms with Gasteiger partial charge in [0.05, 0.1) is 18.1 Å². The fourth-order valence-electron chi connectivity index (χ4n) is 1.57. The van der Waals surface area contributed by atoms with Gasteiger partial charge in [-0.25, -0.2) is 9.67 Å². The number of hydrogen-bond donors (Lipinski definition) is 0. The van der Waals surface area contributed by atoms with Gasteiger partial charge in [-0.3, -0.25) is 4.68 Å². The highest BCUT2D eigenvalue weighted by Crippen LogP contribution is 2.10. The van der Waals surface area contributed by atoms with E-state index < -0.39 is 0 Å². The molecule has 0 amide bonds. The van der Waals surface area contributed by atoms with E-state index >= 15 is 0 Å². The Hall–Kier alpha value is -1.36. The monoisotopic (exact) mass is 253 g/mol. The third kappa shape index (κ3) is 2.66. The van der Waals surface area contributed by atoms with Crippen LogP contribution in [0.1, 0.15) is 37.8 Å². The molecule has 0 N–H and O–H groups in total. The van der Waals surface area contributed by atoms with Crippen LogP contribution in [0, 0.1) is 0 Å². The minimum absolute atomic E-state index is 0.367. The van der Waals surface area contributed by atoms with E-state index in [1.807, 2.05) is 16.9 Å². The summed E-state index contributed by atoms with van der Waals surface area (Å²) in [5.74, 6) is 1.14. The first-order valence-electron chi connectivity index (χ1n) is 5.71. The van der Waals surface area contributed by atoms with Crippen LogP contribution in [0.25, 0.3) is 0 Å². The van der Waals surface area contributed by atoms with Crippen molar-refractivity contribution in [1.82, 2.24) is 24.5 Å². The van der Waals surface area contributed by atoms with Crippen LogP contribution in [0.5, 0.6) is 0 Å². The summed E-state index contributed by atoms with van der Waals surface area (Å²) < 4.78 is 3.75. The molecule has 0 bridgehead atoms. The van der Waals surface area contributed by atoms with Crippen LogP contribution < -0.4 is 0 Å². The zero-order valence-corrected chi connectivity index (χ0v) is 10.8. The van der Waals surface area contributed by atoms with Crippen LogP contribution in [0.2, 0.25) is 0 Å². The molecule has 0 radical (unpaired) electrons. The largest absolute Gasteiger partial charge is 0.270 e. The molecule has 2 aromatic rings. The first-order valence-corrected chi connectivity index (χ1v) is 6.24. The lowest BCUT2D eigenvalue weighted by Gasteiger charge is -2.08. The van der Waals surface area contributed by atoms with Gasteiger partial charge in [0.25, 0.3) is 0 Å². The van der Waals surface area contributed by atoms with Gasteiger partial charge < -0.3 is 0 Å². The highest BCUT2D eigenvalue weighted by Gasteiger charge is 2.08. The summed E-state index contributed by atoms with van der Waals surface area (Å²) in [5, 5.41) is 8.64. The average Bonchev–Trinajstić information content (AvgIpc) is 2.97. The maximum absolute atomic E-state index is 5.77. The molecule has 1 atom stereocenters. The maximum Gasteiger partial charge on any atom is 0.142 e. The van der Waals surface area contributed by atoms with Crippen LogP contribution in [0.15, 0.2) is 18.6 Å². The predicted octanol–water partition coefficient (Wildman–Crippen LogP) is 2.23. The number of nitrogens with zero attached hydrogens (tertiary/aromatic N) is 5. The molecular weight excluding hydrogens is 238 g/mol. The molecule has 0 aliphatic rings. The van der Waals surface area contributed by atoms with Gasteiger partial charge in [-0.2, -0.15) is 10.2 Å². The minimum atomic E-state index is 0.367. The lowest BCUT2D eigenvalue weighted by atomic mass is 10.3. The topological polar surface area (TPSA) is 48.5 Å². The van der Waals surface area contributed by atoms with Gasteiger partial charge in [-0.05, 0) is 19.4 Å². The Balaban J connectivity index is 2.11. The van der Waals surface area contributed by atoms with Crippen molar-refractivity contribution in [2.75, 3.05) is 0 Å². The standard InChI is InChI=1S/C11H16ClN5/c1-3-9(2)16-5-4-10(15-16)7-17-11(6-12)13-8-14-17/h4-5,8-9H,3,6-7H2,1-2H3. The fraction of sp³-hybridized carbons (Fsp3) is 0.545. The van der Waals surface area contributed by atoms with Gasteiger partial charge in [-0.1, -0.05) is 6.92 Å². The summed E-state index contributed by atoms with van der Waals surface area (Å²) in [5.41, 5.74) is 0.974. The quantitative estimate of drug-likeness (QED) is 0.768. The zero-order valence-electron chi connectivity index (χ0n) is 10.0. The second-order valence-electron chi connectivity index (χ2n) is 4.01. The summed E-state index contributed by atoms with van der Waals surface area (Å²) in [4.78, 5) is 4.07. The Kier molecular flexibility index (Phi) is 3.78. The molecule has 0 aliphatic heterocycles. The Morgan fingerprint density at radius 3 is 3.00 bits per heavy atom. The van der Waals surface area contributed by atoms with Crippen molar-refractivity contribution in [3.63, 3.8) is 0 Å². The van der Waals surface area contributed by atoms with Crippen LogP contribution in [-0.2, 0) is 12.4 Å². The molecule has 2 rings (SSSR count). The molecule has 6 heteroatoms. The van der Waals surface area contributed by atoms with E-state index in [1.54, 1.807) is 4.68 Å². The first kappa shape index (κ1) is 12.1.